The maximum absolute atomic E-state index is 13.5. The molecule has 0 aliphatic carbocycles. The molecule has 7 heteroatoms. The highest BCUT2D eigenvalue weighted by Crippen LogP contribution is 2.20. The molecule has 1 aliphatic rings. The molecule has 6 nitrogen and oxygen atoms in total. The quantitative estimate of drug-likeness (QED) is 0.885. The lowest BCUT2D eigenvalue weighted by Crippen LogP contribution is -2.40. The maximum Gasteiger partial charge on any atom is 0.225 e. The molecule has 1 atom stereocenters. The first-order chi connectivity index (χ1) is 11.4. The second-order valence-corrected chi connectivity index (χ2v) is 5.98. The highest BCUT2D eigenvalue weighted by Gasteiger charge is 2.28. The van der Waals surface area contributed by atoms with Crippen molar-refractivity contribution in [3.05, 3.63) is 29.6 Å². The average molecular weight is 337 g/mol. The number of hydrogen-bond acceptors (Lipinski definition) is 4. The fourth-order valence-corrected chi connectivity index (χ4v) is 2.94. The molecule has 1 unspecified atom stereocenters. The van der Waals surface area contributed by atoms with Crippen molar-refractivity contribution in [3.8, 4) is 5.75 Å². The Morgan fingerprint density at radius 1 is 1.33 bits per heavy atom. The van der Waals surface area contributed by atoms with Crippen LogP contribution in [0.4, 0.5) is 4.39 Å². The van der Waals surface area contributed by atoms with Crippen molar-refractivity contribution in [3.63, 3.8) is 0 Å². The van der Waals surface area contributed by atoms with Gasteiger partial charge in [0.2, 0.25) is 11.8 Å². The van der Waals surface area contributed by atoms with Crippen LogP contribution in [0.1, 0.15) is 12.5 Å². The van der Waals surface area contributed by atoms with Crippen molar-refractivity contribution in [2.75, 3.05) is 40.3 Å². The van der Waals surface area contributed by atoms with Crippen LogP contribution in [0.25, 0.3) is 0 Å². The van der Waals surface area contributed by atoms with E-state index in [1.165, 1.54) is 20.1 Å². The molecule has 1 N–H and O–H groups in total. The summed E-state index contributed by atoms with van der Waals surface area (Å²) in [4.78, 5) is 27.6. The van der Waals surface area contributed by atoms with Crippen LogP contribution in [0.5, 0.6) is 5.75 Å². The standard InChI is InChI=1S/C17H24FN3O3/c1-12(22)21-7-6-20(10-14(11-21)17(23)19-2)9-13-4-5-15(18)16(8-13)24-3/h4-5,8,14H,6-7,9-11H2,1-3H3,(H,19,23). The van der Waals surface area contributed by atoms with Gasteiger partial charge in [0.25, 0.3) is 0 Å². The molecule has 2 rings (SSSR count). The summed E-state index contributed by atoms with van der Waals surface area (Å²) in [6, 6.07) is 4.75. The number of ether oxygens (including phenoxy) is 1. The Morgan fingerprint density at radius 3 is 2.71 bits per heavy atom. The van der Waals surface area contributed by atoms with Gasteiger partial charge in [-0.2, -0.15) is 0 Å². The number of methoxy groups -OCH3 is 1. The first kappa shape index (κ1) is 18.2. The smallest absolute Gasteiger partial charge is 0.225 e. The SMILES string of the molecule is CNC(=O)C1CN(Cc2ccc(F)c(OC)c2)CCN(C(C)=O)C1. The maximum atomic E-state index is 13.5. The minimum Gasteiger partial charge on any atom is -0.494 e. The zero-order valence-electron chi connectivity index (χ0n) is 14.3. The van der Waals surface area contributed by atoms with Gasteiger partial charge in [0, 0.05) is 46.7 Å². The van der Waals surface area contributed by atoms with Crippen LogP contribution in [0.15, 0.2) is 18.2 Å². The van der Waals surface area contributed by atoms with Gasteiger partial charge in [0.15, 0.2) is 11.6 Å². The molecule has 0 spiro atoms. The Bertz CT molecular complexity index is 609. The van der Waals surface area contributed by atoms with Gasteiger partial charge in [0.05, 0.1) is 13.0 Å². The second kappa shape index (κ2) is 8.10. The van der Waals surface area contributed by atoms with E-state index in [1.807, 2.05) is 0 Å². The third-order valence-electron chi connectivity index (χ3n) is 4.29. The van der Waals surface area contributed by atoms with Crippen LogP contribution in [0.3, 0.4) is 0 Å². The molecule has 1 heterocycles. The number of carbonyl (C=O) groups is 2. The molecule has 24 heavy (non-hydrogen) atoms. The van der Waals surface area contributed by atoms with Crippen LogP contribution in [-0.2, 0) is 16.1 Å². The van der Waals surface area contributed by atoms with Gasteiger partial charge in [0.1, 0.15) is 0 Å². The fraction of sp³-hybridized carbons (Fsp3) is 0.529. The summed E-state index contributed by atoms with van der Waals surface area (Å²) in [5, 5.41) is 2.66. The van der Waals surface area contributed by atoms with E-state index in [4.69, 9.17) is 4.74 Å². The van der Waals surface area contributed by atoms with E-state index < -0.39 is 5.82 Å². The number of nitrogens with one attached hydrogen (secondary N) is 1. The summed E-state index contributed by atoms with van der Waals surface area (Å²) in [5.41, 5.74) is 0.903. The van der Waals surface area contributed by atoms with E-state index in [2.05, 4.69) is 10.2 Å². The molecule has 0 radical (unpaired) electrons. The van der Waals surface area contributed by atoms with E-state index in [-0.39, 0.29) is 23.5 Å². The predicted molar refractivity (Wildman–Crippen MR) is 88.0 cm³/mol. The van der Waals surface area contributed by atoms with Crippen LogP contribution < -0.4 is 10.1 Å². The van der Waals surface area contributed by atoms with Crippen molar-refractivity contribution in [1.82, 2.24) is 15.1 Å². The van der Waals surface area contributed by atoms with Gasteiger partial charge in [-0.25, -0.2) is 4.39 Å². The van der Waals surface area contributed by atoms with Crippen molar-refractivity contribution >= 4 is 11.8 Å². The molecule has 1 saturated heterocycles. The first-order valence-electron chi connectivity index (χ1n) is 7.96. The third kappa shape index (κ3) is 4.44. The molecule has 1 aromatic rings. The van der Waals surface area contributed by atoms with E-state index in [1.54, 1.807) is 24.1 Å². The van der Waals surface area contributed by atoms with Gasteiger partial charge in [-0.1, -0.05) is 6.07 Å². The number of amides is 2. The summed E-state index contributed by atoms with van der Waals surface area (Å²) in [5.74, 6) is -0.596. The zero-order chi connectivity index (χ0) is 17.7. The van der Waals surface area contributed by atoms with Crippen LogP contribution in [-0.4, -0.2) is 62.0 Å². The molecular formula is C17H24FN3O3. The Morgan fingerprint density at radius 2 is 2.08 bits per heavy atom. The largest absolute Gasteiger partial charge is 0.494 e. The predicted octanol–water partition coefficient (Wildman–Crippen LogP) is 0.861. The van der Waals surface area contributed by atoms with Crippen LogP contribution >= 0.6 is 0 Å². The van der Waals surface area contributed by atoms with Crippen molar-refractivity contribution in [2.45, 2.75) is 13.5 Å². The summed E-state index contributed by atoms with van der Waals surface area (Å²) in [6.45, 7) is 4.27. The summed E-state index contributed by atoms with van der Waals surface area (Å²) in [6.07, 6.45) is 0. The molecule has 0 saturated carbocycles. The topological polar surface area (TPSA) is 61.9 Å². The third-order valence-corrected chi connectivity index (χ3v) is 4.29. The molecule has 1 aliphatic heterocycles. The van der Waals surface area contributed by atoms with Crippen molar-refractivity contribution < 1.29 is 18.7 Å². The monoisotopic (exact) mass is 337 g/mol. The second-order valence-electron chi connectivity index (χ2n) is 5.98. The number of halogens is 1. The number of carbonyl (C=O) groups excluding carboxylic acids is 2. The van der Waals surface area contributed by atoms with Gasteiger partial charge >= 0.3 is 0 Å². The van der Waals surface area contributed by atoms with Crippen LogP contribution in [0.2, 0.25) is 0 Å². The molecule has 1 aromatic carbocycles. The van der Waals surface area contributed by atoms with Gasteiger partial charge in [-0.05, 0) is 17.7 Å². The normalized spacial score (nSPS) is 18.8. The van der Waals surface area contributed by atoms with E-state index >= 15 is 0 Å². The van der Waals surface area contributed by atoms with E-state index in [0.717, 1.165) is 5.56 Å². The Hall–Kier alpha value is -2.15. The number of nitrogens with zero attached hydrogens (tertiary/aromatic N) is 2. The highest BCUT2D eigenvalue weighted by atomic mass is 19.1. The lowest BCUT2D eigenvalue weighted by molar-refractivity contribution is -0.130. The molecule has 2 amide bonds. The van der Waals surface area contributed by atoms with Gasteiger partial charge < -0.3 is 15.0 Å². The minimum absolute atomic E-state index is 0.0331. The van der Waals surface area contributed by atoms with E-state index in [0.29, 0.717) is 32.7 Å². The Balaban J connectivity index is 2.14. The van der Waals surface area contributed by atoms with E-state index in [9.17, 15) is 14.0 Å². The lowest BCUT2D eigenvalue weighted by atomic mass is 10.1. The number of rotatable bonds is 4. The van der Waals surface area contributed by atoms with Gasteiger partial charge in [-0.15, -0.1) is 0 Å². The Kier molecular flexibility index (Phi) is 6.14. The van der Waals surface area contributed by atoms with Crippen molar-refractivity contribution in [2.24, 2.45) is 5.92 Å². The zero-order valence-corrected chi connectivity index (χ0v) is 14.3. The summed E-state index contributed by atoms with van der Waals surface area (Å²) < 4.78 is 18.5. The summed E-state index contributed by atoms with van der Waals surface area (Å²) >= 11 is 0. The lowest BCUT2D eigenvalue weighted by Gasteiger charge is -2.23. The summed E-state index contributed by atoms with van der Waals surface area (Å²) in [7, 11) is 3.03. The minimum atomic E-state index is -0.400. The van der Waals surface area contributed by atoms with Gasteiger partial charge in [-0.3, -0.25) is 14.5 Å². The molecule has 1 fully saturated rings. The first-order valence-corrected chi connectivity index (χ1v) is 7.96. The Labute approximate surface area is 141 Å². The molecule has 0 bridgehead atoms. The average Bonchev–Trinajstić information content (AvgIpc) is 2.78. The van der Waals surface area contributed by atoms with Crippen LogP contribution in [0, 0.1) is 11.7 Å². The van der Waals surface area contributed by atoms with Crippen molar-refractivity contribution in [1.29, 1.82) is 0 Å². The highest BCUT2D eigenvalue weighted by molar-refractivity contribution is 5.80. The molecule has 0 aromatic heterocycles. The number of benzene rings is 1. The number of hydrogen-bond donors (Lipinski definition) is 1. The molecular weight excluding hydrogens is 313 g/mol. The molecule has 132 valence electrons. The fourth-order valence-electron chi connectivity index (χ4n) is 2.94.